The van der Waals surface area contributed by atoms with Gasteiger partial charge in [-0.1, -0.05) is 6.92 Å². The van der Waals surface area contributed by atoms with Crippen molar-refractivity contribution in [2.24, 2.45) is 0 Å². The molecule has 1 aromatic rings. The quantitative estimate of drug-likeness (QED) is 0.722. The predicted molar refractivity (Wildman–Crippen MR) is 87.2 cm³/mol. The van der Waals surface area contributed by atoms with Gasteiger partial charge in [-0.2, -0.15) is 0 Å². The summed E-state index contributed by atoms with van der Waals surface area (Å²) in [6, 6.07) is 4.15. The Balaban J connectivity index is 2.13. The summed E-state index contributed by atoms with van der Waals surface area (Å²) in [7, 11) is 0. The summed E-state index contributed by atoms with van der Waals surface area (Å²) < 4.78 is 18.1. The van der Waals surface area contributed by atoms with Crippen molar-refractivity contribution in [3.05, 3.63) is 22.2 Å². The van der Waals surface area contributed by atoms with Crippen LogP contribution >= 0.6 is 15.9 Å². The highest BCUT2D eigenvalue weighted by Gasteiger charge is 2.21. The molecule has 1 aliphatic rings. The largest absolute Gasteiger partial charge is 0.490 e. The Labute approximate surface area is 135 Å². The van der Waals surface area contributed by atoms with Gasteiger partial charge in [-0.15, -0.1) is 0 Å². The highest BCUT2D eigenvalue weighted by molar-refractivity contribution is 9.10. The molecule has 0 radical (unpaired) electrons. The van der Waals surface area contributed by atoms with E-state index in [9.17, 15) is 0 Å². The van der Waals surface area contributed by atoms with E-state index in [0.29, 0.717) is 13.2 Å². The molecule has 1 aromatic carbocycles. The fourth-order valence-corrected chi connectivity index (χ4v) is 2.87. The van der Waals surface area contributed by atoms with Crippen molar-refractivity contribution in [2.45, 2.75) is 39.3 Å². The number of hydrogen-bond acceptors (Lipinski definition) is 4. The maximum absolute atomic E-state index is 6.05. The van der Waals surface area contributed by atoms with Crippen LogP contribution in [0.4, 0.5) is 0 Å². The lowest BCUT2D eigenvalue weighted by atomic mass is 10.2. The van der Waals surface area contributed by atoms with Crippen molar-refractivity contribution < 1.29 is 14.2 Å². The molecule has 0 spiro atoms. The third kappa shape index (κ3) is 4.87. The van der Waals surface area contributed by atoms with E-state index in [1.54, 1.807) is 0 Å². The van der Waals surface area contributed by atoms with Gasteiger partial charge in [-0.05, 0) is 53.5 Å². The molecule has 0 bridgehead atoms. The lowest BCUT2D eigenvalue weighted by Gasteiger charge is -2.18. The Morgan fingerprint density at radius 1 is 1.38 bits per heavy atom. The average molecular weight is 358 g/mol. The van der Waals surface area contributed by atoms with Crippen molar-refractivity contribution in [1.29, 1.82) is 0 Å². The Morgan fingerprint density at radius 3 is 2.90 bits per heavy atom. The highest BCUT2D eigenvalue weighted by atomic mass is 79.9. The zero-order valence-electron chi connectivity index (χ0n) is 12.8. The molecule has 1 unspecified atom stereocenters. The third-order valence-electron chi connectivity index (χ3n) is 3.30. The topological polar surface area (TPSA) is 39.7 Å². The van der Waals surface area contributed by atoms with Gasteiger partial charge in [-0.3, -0.25) is 0 Å². The van der Waals surface area contributed by atoms with E-state index in [4.69, 9.17) is 14.2 Å². The van der Waals surface area contributed by atoms with Crippen LogP contribution in [0.3, 0.4) is 0 Å². The van der Waals surface area contributed by atoms with Gasteiger partial charge in [0.25, 0.3) is 0 Å². The first kappa shape index (κ1) is 16.6. The monoisotopic (exact) mass is 357 g/mol. The Hall–Kier alpha value is -0.780. The summed E-state index contributed by atoms with van der Waals surface area (Å²) in [6.45, 7) is 8.03. The van der Waals surface area contributed by atoms with Crippen molar-refractivity contribution in [2.75, 3.05) is 26.4 Å². The minimum atomic E-state index is 0.115. The summed E-state index contributed by atoms with van der Waals surface area (Å²) in [5, 5.41) is 3.40. The van der Waals surface area contributed by atoms with Crippen LogP contribution in [-0.4, -0.2) is 32.5 Å². The predicted octanol–water partition coefficient (Wildman–Crippen LogP) is 3.52. The van der Waals surface area contributed by atoms with Gasteiger partial charge in [0.15, 0.2) is 11.5 Å². The van der Waals surface area contributed by atoms with E-state index in [1.807, 2.05) is 6.92 Å². The van der Waals surface area contributed by atoms with Crippen LogP contribution in [0.25, 0.3) is 0 Å². The first-order valence-electron chi connectivity index (χ1n) is 7.65. The molecule has 21 heavy (non-hydrogen) atoms. The molecule has 1 aliphatic heterocycles. The summed E-state index contributed by atoms with van der Waals surface area (Å²) in [5.41, 5.74) is 1.19. The minimum absolute atomic E-state index is 0.115. The van der Waals surface area contributed by atoms with E-state index in [1.165, 1.54) is 5.56 Å². The molecule has 1 atom stereocenters. The standard InChI is InChI=1S/C16H24BrNO3/c1-3-6-18-10-12-8-14(17)16(15(9-12)20-4-2)21-13-5-7-19-11-13/h8-9,13,18H,3-7,10-11H2,1-2H3. The normalized spacial score (nSPS) is 18.0. The maximum Gasteiger partial charge on any atom is 0.175 e. The number of rotatable bonds is 8. The number of nitrogens with one attached hydrogen (secondary N) is 1. The van der Waals surface area contributed by atoms with Crippen LogP contribution in [0.2, 0.25) is 0 Å². The molecule has 0 aromatic heterocycles. The van der Waals surface area contributed by atoms with Gasteiger partial charge in [0.05, 0.1) is 24.3 Å². The second-order valence-electron chi connectivity index (χ2n) is 5.12. The van der Waals surface area contributed by atoms with Crippen LogP contribution in [0, 0.1) is 0 Å². The van der Waals surface area contributed by atoms with E-state index in [2.05, 4.69) is 40.3 Å². The van der Waals surface area contributed by atoms with Crippen molar-refractivity contribution in [1.82, 2.24) is 5.32 Å². The lowest BCUT2D eigenvalue weighted by molar-refractivity contribution is 0.137. The molecule has 0 saturated carbocycles. The van der Waals surface area contributed by atoms with E-state index in [0.717, 1.165) is 48.5 Å². The summed E-state index contributed by atoms with van der Waals surface area (Å²) in [4.78, 5) is 0. The van der Waals surface area contributed by atoms with Crippen LogP contribution in [0.15, 0.2) is 16.6 Å². The van der Waals surface area contributed by atoms with Gasteiger partial charge in [0, 0.05) is 13.0 Å². The van der Waals surface area contributed by atoms with Crippen LogP contribution in [0.1, 0.15) is 32.3 Å². The first-order valence-corrected chi connectivity index (χ1v) is 8.44. The van der Waals surface area contributed by atoms with Crippen molar-refractivity contribution >= 4 is 15.9 Å². The molecule has 0 amide bonds. The molecule has 5 heteroatoms. The molecular formula is C16H24BrNO3. The van der Waals surface area contributed by atoms with E-state index >= 15 is 0 Å². The zero-order valence-corrected chi connectivity index (χ0v) is 14.4. The van der Waals surface area contributed by atoms with Crippen LogP contribution in [0.5, 0.6) is 11.5 Å². The second-order valence-corrected chi connectivity index (χ2v) is 5.97. The van der Waals surface area contributed by atoms with Crippen LogP contribution in [-0.2, 0) is 11.3 Å². The van der Waals surface area contributed by atoms with Crippen molar-refractivity contribution in [3.63, 3.8) is 0 Å². The fourth-order valence-electron chi connectivity index (χ4n) is 2.28. The summed E-state index contributed by atoms with van der Waals surface area (Å²) >= 11 is 3.61. The van der Waals surface area contributed by atoms with Crippen LogP contribution < -0.4 is 14.8 Å². The average Bonchev–Trinajstić information content (AvgIpc) is 2.96. The van der Waals surface area contributed by atoms with Gasteiger partial charge in [-0.25, -0.2) is 0 Å². The number of benzene rings is 1. The summed E-state index contributed by atoms with van der Waals surface area (Å²) in [6.07, 6.45) is 2.17. The molecule has 1 saturated heterocycles. The number of ether oxygens (including phenoxy) is 3. The molecule has 1 fully saturated rings. The number of halogens is 1. The smallest absolute Gasteiger partial charge is 0.175 e. The van der Waals surface area contributed by atoms with Gasteiger partial charge >= 0.3 is 0 Å². The molecule has 2 rings (SSSR count). The third-order valence-corrected chi connectivity index (χ3v) is 3.89. The zero-order chi connectivity index (χ0) is 15.1. The molecule has 118 valence electrons. The Morgan fingerprint density at radius 2 is 2.24 bits per heavy atom. The van der Waals surface area contributed by atoms with Gasteiger partial charge in [0.2, 0.25) is 0 Å². The second kappa shape index (κ2) is 8.61. The molecule has 1 heterocycles. The highest BCUT2D eigenvalue weighted by Crippen LogP contribution is 2.38. The number of hydrogen-bond donors (Lipinski definition) is 1. The van der Waals surface area contributed by atoms with Gasteiger partial charge < -0.3 is 19.5 Å². The summed E-state index contributed by atoms with van der Waals surface area (Å²) in [5.74, 6) is 1.58. The molecule has 1 N–H and O–H groups in total. The Kier molecular flexibility index (Phi) is 6.80. The molecular weight excluding hydrogens is 334 g/mol. The van der Waals surface area contributed by atoms with Crippen molar-refractivity contribution in [3.8, 4) is 11.5 Å². The maximum atomic E-state index is 6.05. The van der Waals surface area contributed by atoms with E-state index < -0.39 is 0 Å². The molecule has 4 nitrogen and oxygen atoms in total. The Bertz CT molecular complexity index is 447. The minimum Gasteiger partial charge on any atom is -0.490 e. The first-order chi connectivity index (χ1) is 10.2. The van der Waals surface area contributed by atoms with Gasteiger partial charge in [0.1, 0.15) is 6.10 Å². The fraction of sp³-hybridized carbons (Fsp3) is 0.625. The molecule has 0 aliphatic carbocycles. The lowest BCUT2D eigenvalue weighted by Crippen LogP contribution is -2.17. The SMILES string of the molecule is CCCNCc1cc(Br)c(OC2CCOC2)c(OCC)c1. The van der Waals surface area contributed by atoms with E-state index in [-0.39, 0.29) is 6.10 Å².